The number of rotatable bonds is 1. The van der Waals surface area contributed by atoms with E-state index in [1.54, 1.807) is 0 Å². The molecule has 1 unspecified atom stereocenters. The summed E-state index contributed by atoms with van der Waals surface area (Å²) >= 11 is 5.88. The van der Waals surface area contributed by atoms with Crippen LogP contribution in [0.15, 0.2) is 29.3 Å². The molecule has 0 saturated carbocycles. The Hall–Kier alpha value is -0.930. The van der Waals surface area contributed by atoms with Crippen molar-refractivity contribution >= 4 is 30.0 Å². The normalized spacial score (nSPS) is 22.2. The van der Waals surface area contributed by atoms with Gasteiger partial charge in [0.1, 0.15) is 0 Å². The quantitative estimate of drug-likeness (QED) is 0.835. The van der Waals surface area contributed by atoms with Gasteiger partial charge in [-0.1, -0.05) is 23.7 Å². The van der Waals surface area contributed by atoms with E-state index in [2.05, 4.69) is 27.3 Å². The summed E-state index contributed by atoms with van der Waals surface area (Å²) in [4.78, 5) is 6.80. The smallest absolute Gasteiger partial charge is 0.194 e. The lowest BCUT2D eigenvalue weighted by atomic mass is 10.1. The van der Waals surface area contributed by atoms with Crippen molar-refractivity contribution in [3.05, 3.63) is 34.9 Å². The Morgan fingerprint density at radius 1 is 1.31 bits per heavy atom. The van der Waals surface area contributed by atoms with Gasteiger partial charge in [0.25, 0.3) is 0 Å². The van der Waals surface area contributed by atoms with E-state index in [0.717, 1.165) is 30.6 Å². The molecule has 2 aliphatic rings. The van der Waals surface area contributed by atoms with E-state index in [9.17, 15) is 0 Å². The van der Waals surface area contributed by atoms with Crippen molar-refractivity contribution in [2.24, 2.45) is 4.99 Å². The van der Waals surface area contributed by atoms with Gasteiger partial charge in [-0.2, -0.15) is 0 Å². The Bertz CT molecular complexity index is 402. The SMILES string of the molecule is Cl.Clc1ccc(C2CN=C3NCCN32)cc1. The van der Waals surface area contributed by atoms with Crippen LogP contribution in [0, 0.1) is 0 Å². The van der Waals surface area contributed by atoms with Crippen molar-refractivity contribution in [2.45, 2.75) is 6.04 Å². The minimum absolute atomic E-state index is 0. The van der Waals surface area contributed by atoms with Gasteiger partial charge >= 0.3 is 0 Å². The zero-order valence-corrected chi connectivity index (χ0v) is 10.3. The van der Waals surface area contributed by atoms with Crippen molar-refractivity contribution in [2.75, 3.05) is 19.6 Å². The van der Waals surface area contributed by atoms with Gasteiger partial charge < -0.3 is 10.2 Å². The number of hydrogen-bond acceptors (Lipinski definition) is 3. The summed E-state index contributed by atoms with van der Waals surface area (Å²) in [5.41, 5.74) is 1.29. The fraction of sp³-hybridized carbons (Fsp3) is 0.364. The van der Waals surface area contributed by atoms with Crippen molar-refractivity contribution < 1.29 is 0 Å². The molecule has 0 spiro atoms. The monoisotopic (exact) mass is 257 g/mol. The van der Waals surface area contributed by atoms with Crippen LogP contribution in [0.4, 0.5) is 0 Å². The number of hydrogen-bond donors (Lipinski definition) is 1. The number of nitrogens with zero attached hydrogens (tertiary/aromatic N) is 2. The third kappa shape index (κ3) is 1.85. The molecule has 2 heterocycles. The standard InChI is InChI=1S/C11H12ClN3.ClH/c12-9-3-1-8(2-4-9)10-7-14-11-13-5-6-15(10)11;/h1-4,10H,5-7H2,(H,13,14);1H. The number of nitrogens with one attached hydrogen (secondary N) is 1. The van der Waals surface area contributed by atoms with E-state index >= 15 is 0 Å². The van der Waals surface area contributed by atoms with Crippen LogP contribution < -0.4 is 5.32 Å². The van der Waals surface area contributed by atoms with E-state index in [0.29, 0.717) is 6.04 Å². The second-order valence-corrected chi connectivity index (χ2v) is 4.29. The molecule has 5 heteroatoms. The first-order chi connectivity index (χ1) is 7.34. The van der Waals surface area contributed by atoms with Crippen molar-refractivity contribution in [3.8, 4) is 0 Å². The highest BCUT2D eigenvalue weighted by atomic mass is 35.5. The van der Waals surface area contributed by atoms with Gasteiger partial charge in [0.05, 0.1) is 12.6 Å². The lowest BCUT2D eigenvalue weighted by Gasteiger charge is -2.21. The average Bonchev–Trinajstić information content (AvgIpc) is 2.80. The first-order valence-electron chi connectivity index (χ1n) is 5.15. The maximum absolute atomic E-state index is 5.88. The molecule has 2 aliphatic heterocycles. The molecule has 16 heavy (non-hydrogen) atoms. The summed E-state index contributed by atoms with van der Waals surface area (Å²) in [6, 6.07) is 8.46. The number of fused-ring (bicyclic) bond motifs is 1. The molecular weight excluding hydrogens is 245 g/mol. The van der Waals surface area contributed by atoms with Crippen LogP contribution in [-0.2, 0) is 0 Å². The van der Waals surface area contributed by atoms with Crippen molar-refractivity contribution in [1.82, 2.24) is 10.2 Å². The van der Waals surface area contributed by atoms with Crippen molar-refractivity contribution in [1.29, 1.82) is 0 Å². The first kappa shape index (κ1) is 11.6. The lowest BCUT2D eigenvalue weighted by Crippen LogP contribution is -2.28. The Balaban J connectivity index is 0.000000963. The van der Waals surface area contributed by atoms with Gasteiger partial charge in [-0.3, -0.25) is 4.99 Å². The Labute approximate surface area is 106 Å². The Morgan fingerprint density at radius 2 is 2.06 bits per heavy atom. The Morgan fingerprint density at radius 3 is 2.81 bits per heavy atom. The van der Waals surface area contributed by atoms with E-state index in [1.807, 2.05) is 12.1 Å². The average molecular weight is 258 g/mol. The molecule has 1 N–H and O–H groups in total. The number of halogens is 2. The van der Waals surface area contributed by atoms with Crippen molar-refractivity contribution in [3.63, 3.8) is 0 Å². The summed E-state index contributed by atoms with van der Waals surface area (Å²) in [6.45, 7) is 2.90. The topological polar surface area (TPSA) is 27.6 Å². The molecule has 3 nitrogen and oxygen atoms in total. The molecule has 0 aliphatic carbocycles. The minimum Gasteiger partial charge on any atom is -0.354 e. The summed E-state index contributed by atoms with van der Waals surface area (Å²) in [6.07, 6.45) is 0. The van der Waals surface area contributed by atoms with Gasteiger partial charge in [0.2, 0.25) is 0 Å². The highest BCUT2D eigenvalue weighted by Gasteiger charge is 2.31. The molecule has 86 valence electrons. The van der Waals surface area contributed by atoms with E-state index in [1.165, 1.54) is 5.56 Å². The second-order valence-electron chi connectivity index (χ2n) is 3.85. The summed E-state index contributed by atoms with van der Waals surface area (Å²) < 4.78 is 0. The van der Waals surface area contributed by atoms with Crippen LogP contribution in [0.3, 0.4) is 0 Å². The van der Waals surface area contributed by atoms with Crippen LogP contribution in [0.25, 0.3) is 0 Å². The summed E-state index contributed by atoms with van der Waals surface area (Å²) in [5.74, 6) is 1.05. The molecular formula is C11H13Cl2N3. The van der Waals surface area contributed by atoms with E-state index in [4.69, 9.17) is 11.6 Å². The molecule has 0 bridgehead atoms. The molecule has 0 radical (unpaired) electrons. The molecule has 1 saturated heterocycles. The number of guanidine groups is 1. The summed E-state index contributed by atoms with van der Waals surface area (Å²) in [5, 5.41) is 4.07. The van der Waals surface area contributed by atoms with Gasteiger partial charge in [-0.25, -0.2) is 0 Å². The number of aliphatic imine (C=N–C) groups is 1. The highest BCUT2D eigenvalue weighted by Crippen LogP contribution is 2.27. The van der Waals surface area contributed by atoms with E-state index < -0.39 is 0 Å². The summed E-state index contributed by atoms with van der Waals surface area (Å²) in [7, 11) is 0. The van der Waals surface area contributed by atoms with Gasteiger partial charge in [-0.05, 0) is 17.7 Å². The fourth-order valence-electron chi connectivity index (χ4n) is 2.19. The third-order valence-electron chi connectivity index (χ3n) is 2.95. The molecule has 1 fully saturated rings. The largest absolute Gasteiger partial charge is 0.354 e. The first-order valence-corrected chi connectivity index (χ1v) is 5.53. The van der Waals surface area contributed by atoms with Crippen LogP contribution in [-0.4, -0.2) is 30.5 Å². The van der Waals surface area contributed by atoms with E-state index in [-0.39, 0.29) is 12.4 Å². The molecule has 1 atom stereocenters. The maximum atomic E-state index is 5.88. The van der Waals surface area contributed by atoms with Gasteiger partial charge in [0, 0.05) is 18.1 Å². The zero-order valence-electron chi connectivity index (χ0n) is 8.69. The van der Waals surface area contributed by atoms with Crippen LogP contribution >= 0.6 is 24.0 Å². The predicted molar refractivity (Wildman–Crippen MR) is 68.5 cm³/mol. The lowest BCUT2D eigenvalue weighted by molar-refractivity contribution is 0.381. The Kier molecular flexibility index (Phi) is 3.26. The van der Waals surface area contributed by atoms with Gasteiger partial charge in [0.15, 0.2) is 5.96 Å². The fourth-order valence-corrected chi connectivity index (χ4v) is 2.31. The highest BCUT2D eigenvalue weighted by molar-refractivity contribution is 6.30. The molecule has 1 aromatic rings. The third-order valence-corrected chi connectivity index (χ3v) is 3.20. The van der Waals surface area contributed by atoms with Crippen LogP contribution in [0.5, 0.6) is 0 Å². The molecule has 0 aromatic heterocycles. The maximum Gasteiger partial charge on any atom is 0.194 e. The van der Waals surface area contributed by atoms with Crippen LogP contribution in [0.1, 0.15) is 11.6 Å². The number of benzene rings is 1. The van der Waals surface area contributed by atoms with Crippen LogP contribution in [0.2, 0.25) is 5.02 Å². The zero-order chi connectivity index (χ0) is 10.3. The molecule has 0 amide bonds. The van der Waals surface area contributed by atoms with Gasteiger partial charge in [-0.15, -0.1) is 12.4 Å². The molecule has 1 aromatic carbocycles. The second kappa shape index (κ2) is 4.52. The predicted octanol–water partition coefficient (Wildman–Crippen LogP) is 2.08. The molecule has 3 rings (SSSR count). The minimum atomic E-state index is 0.